The van der Waals surface area contributed by atoms with Gasteiger partial charge in [0.25, 0.3) is 0 Å². The van der Waals surface area contributed by atoms with Crippen LogP contribution in [0.2, 0.25) is 0 Å². The van der Waals surface area contributed by atoms with Gasteiger partial charge in [-0.3, -0.25) is 0 Å². The summed E-state index contributed by atoms with van der Waals surface area (Å²) in [6.45, 7) is 8.50. The Labute approximate surface area is 233 Å². The Bertz CT molecular complexity index is 860. The van der Waals surface area contributed by atoms with E-state index in [1.807, 2.05) is 60.3 Å². The van der Waals surface area contributed by atoms with Crippen molar-refractivity contribution in [3.8, 4) is 0 Å². The Morgan fingerprint density at radius 3 is 1.36 bits per heavy atom. The van der Waals surface area contributed by atoms with Crippen molar-refractivity contribution in [2.45, 2.75) is 52.9 Å². The number of rotatable bonds is 9. The molecule has 0 fully saturated rings. The van der Waals surface area contributed by atoms with Gasteiger partial charge in [-0.05, 0) is 65.8 Å². The molecule has 4 rings (SSSR count). The first-order chi connectivity index (χ1) is 17.6. The minimum absolute atomic E-state index is 0.639. The molecule has 0 aromatic carbocycles. The van der Waals surface area contributed by atoms with Crippen LogP contribution in [0.5, 0.6) is 0 Å². The van der Waals surface area contributed by atoms with Crippen LogP contribution < -0.4 is 22.1 Å². The molecular weight excluding hydrogens is 525 g/mol. The van der Waals surface area contributed by atoms with E-state index in [1.54, 1.807) is 34.0 Å². The standard InChI is InChI=1S/C8H13NS.C6H9NS.2C5H7NS.C3H6O/c1-2-5-9-7-8-4-3-6-10-8;1-7-5-6-3-2-4-8-6;2*6-4-5-2-1-3-7-5;1-2-3-4/h3-4,6,9H,2,5,7H2,1H3;2-4,7H,5H2,1H3;2*1-3H,4,6H2;3H,2H2,1H3. The zero-order chi connectivity index (χ0) is 26.7. The first-order valence-electron chi connectivity index (χ1n) is 11.9. The van der Waals surface area contributed by atoms with Crippen LogP contribution >= 0.6 is 45.3 Å². The topological polar surface area (TPSA) is 93.2 Å². The average molecular weight is 567 g/mol. The number of hydrogen-bond acceptors (Lipinski definition) is 9. The van der Waals surface area contributed by atoms with Crippen LogP contribution in [-0.4, -0.2) is 19.9 Å². The van der Waals surface area contributed by atoms with Crippen molar-refractivity contribution >= 4 is 51.6 Å². The quantitative estimate of drug-likeness (QED) is 0.133. The van der Waals surface area contributed by atoms with Crippen molar-refractivity contribution in [2.24, 2.45) is 11.5 Å². The van der Waals surface area contributed by atoms with Crippen molar-refractivity contribution in [1.29, 1.82) is 0 Å². The van der Waals surface area contributed by atoms with Crippen molar-refractivity contribution in [1.82, 2.24) is 10.6 Å². The first kappa shape index (κ1) is 34.3. The number of nitrogens with two attached hydrogens (primary N) is 2. The minimum atomic E-state index is 0.639. The first-order valence-corrected chi connectivity index (χ1v) is 15.4. The number of hydrogen-bond donors (Lipinski definition) is 4. The molecule has 0 aliphatic rings. The molecule has 0 spiro atoms. The Morgan fingerprint density at radius 1 is 0.722 bits per heavy atom. The van der Waals surface area contributed by atoms with Crippen molar-refractivity contribution in [3.63, 3.8) is 0 Å². The lowest BCUT2D eigenvalue weighted by Gasteiger charge is -1.97. The van der Waals surface area contributed by atoms with Gasteiger partial charge >= 0.3 is 0 Å². The van der Waals surface area contributed by atoms with E-state index in [9.17, 15) is 4.79 Å². The van der Waals surface area contributed by atoms with Gasteiger partial charge in [-0.15, -0.1) is 45.3 Å². The summed E-state index contributed by atoms with van der Waals surface area (Å²) in [4.78, 5) is 14.5. The van der Waals surface area contributed by atoms with Gasteiger partial charge in [-0.25, -0.2) is 0 Å². The molecule has 0 saturated heterocycles. The Morgan fingerprint density at radius 2 is 1.11 bits per heavy atom. The van der Waals surface area contributed by atoms with E-state index in [1.165, 1.54) is 25.9 Å². The van der Waals surface area contributed by atoms with Crippen LogP contribution in [0, 0.1) is 0 Å². The van der Waals surface area contributed by atoms with E-state index < -0.39 is 0 Å². The predicted octanol–water partition coefficient (Wildman–Crippen LogP) is 6.72. The summed E-state index contributed by atoms with van der Waals surface area (Å²) in [6, 6.07) is 16.5. The number of thiophene rings is 4. The van der Waals surface area contributed by atoms with E-state index in [0.29, 0.717) is 19.5 Å². The predicted molar refractivity (Wildman–Crippen MR) is 164 cm³/mol. The van der Waals surface area contributed by atoms with Crippen molar-refractivity contribution < 1.29 is 4.79 Å². The summed E-state index contributed by atoms with van der Waals surface area (Å²) < 4.78 is 0. The van der Waals surface area contributed by atoms with Crippen LogP contribution in [0.25, 0.3) is 0 Å². The second-order valence-electron chi connectivity index (χ2n) is 7.01. The smallest absolute Gasteiger partial charge is 0.119 e. The fraction of sp³-hybridized carbons (Fsp3) is 0.370. The molecule has 9 heteroatoms. The maximum atomic E-state index is 9.17. The maximum absolute atomic E-state index is 9.17. The molecular formula is C27H42N4OS4. The molecule has 0 amide bonds. The monoisotopic (exact) mass is 566 g/mol. The summed E-state index contributed by atoms with van der Waals surface area (Å²) in [5.41, 5.74) is 10.6. The fourth-order valence-electron chi connectivity index (χ4n) is 2.25. The van der Waals surface area contributed by atoms with E-state index in [-0.39, 0.29) is 0 Å². The van der Waals surface area contributed by atoms with Crippen LogP contribution in [0.4, 0.5) is 0 Å². The Hall–Kier alpha value is -1.69. The Balaban J connectivity index is 0.000000436. The van der Waals surface area contributed by atoms with Gasteiger partial charge in [0.05, 0.1) is 0 Å². The second kappa shape index (κ2) is 26.4. The summed E-state index contributed by atoms with van der Waals surface area (Å²) in [5, 5.41) is 14.7. The van der Waals surface area contributed by atoms with Gasteiger partial charge < -0.3 is 26.9 Å². The summed E-state index contributed by atoms with van der Waals surface area (Å²) >= 11 is 6.99. The normalized spacial score (nSPS) is 9.25. The summed E-state index contributed by atoms with van der Waals surface area (Å²) in [6.07, 6.45) is 2.73. The fourth-order valence-corrected chi connectivity index (χ4v) is 4.81. The number of carbonyl (C=O) groups is 1. The average Bonchev–Trinajstić information content (AvgIpc) is 3.74. The molecule has 0 bridgehead atoms. The highest BCUT2D eigenvalue weighted by Gasteiger charge is 1.89. The van der Waals surface area contributed by atoms with Crippen molar-refractivity contribution in [2.75, 3.05) is 13.6 Å². The molecule has 4 aromatic rings. The SMILES string of the molecule is CCC=O.CCCNCc1cccs1.CNCc1cccs1.NCc1cccs1.NCc1cccs1. The molecule has 0 aliphatic heterocycles. The molecule has 5 nitrogen and oxygen atoms in total. The third-order valence-electron chi connectivity index (χ3n) is 3.97. The summed E-state index contributed by atoms with van der Waals surface area (Å²) in [5.74, 6) is 0. The maximum Gasteiger partial charge on any atom is 0.119 e. The largest absolute Gasteiger partial charge is 0.326 e. The second-order valence-corrected chi connectivity index (χ2v) is 11.1. The third kappa shape index (κ3) is 20.5. The van der Waals surface area contributed by atoms with Gasteiger partial charge in [-0.2, -0.15) is 0 Å². The molecule has 36 heavy (non-hydrogen) atoms. The third-order valence-corrected chi connectivity index (χ3v) is 7.52. The van der Waals surface area contributed by atoms with Gasteiger partial charge in [0.15, 0.2) is 0 Å². The molecule has 0 unspecified atom stereocenters. The molecule has 0 radical (unpaired) electrons. The van der Waals surface area contributed by atoms with Crippen LogP contribution in [0.15, 0.2) is 70.1 Å². The highest BCUT2D eigenvalue weighted by molar-refractivity contribution is 7.10. The molecule has 0 saturated carbocycles. The number of nitrogens with one attached hydrogen (secondary N) is 2. The molecule has 6 N–H and O–H groups in total. The molecule has 0 atom stereocenters. The van der Waals surface area contributed by atoms with Gasteiger partial charge in [0.1, 0.15) is 6.29 Å². The van der Waals surface area contributed by atoms with Gasteiger partial charge in [0.2, 0.25) is 0 Å². The lowest BCUT2D eigenvalue weighted by atomic mass is 10.4. The molecule has 0 aliphatic carbocycles. The Kier molecular flexibility index (Phi) is 25.1. The summed E-state index contributed by atoms with van der Waals surface area (Å²) in [7, 11) is 1.96. The van der Waals surface area contributed by atoms with E-state index >= 15 is 0 Å². The highest BCUT2D eigenvalue weighted by atomic mass is 32.1. The molecule has 4 aromatic heterocycles. The van der Waals surface area contributed by atoms with Crippen LogP contribution in [0.1, 0.15) is 46.2 Å². The van der Waals surface area contributed by atoms with Crippen LogP contribution in [0.3, 0.4) is 0 Å². The number of carbonyl (C=O) groups excluding carboxylic acids is 1. The van der Waals surface area contributed by atoms with E-state index in [4.69, 9.17) is 11.5 Å². The van der Waals surface area contributed by atoms with Gasteiger partial charge in [0, 0.05) is 52.1 Å². The van der Waals surface area contributed by atoms with E-state index in [0.717, 1.165) is 25.9 Å². The number of aldehydes is 1. The highest BCUT2D eigenvalue weighted by Crippen LogP contribution is 2.08. The van der Waals surface area contributed by atoms with Crippen LogP contribution in [-0.2, 0) is 31.0 Å². The van der Waals surface area contributed by atoms with Crippen molar-refractivity contribution in [3.05, 3.63) is 89.6 Å². The zero-order valence-electron chi connectivity index (χ0n) is 21.7. The molecule has 200 valence electrons. The minimum Gasteiger partial charge on any atom is -0.326 e. The molecule has 4 heterocycles. The zero-order valence-corrected chi connectivity index (χ0v) is 24.9. The van der Waals surface area contributed by atoms with Gasteiger partial charge in [-0.1, -0.05) is 38.1 Å². The van der Waals surface area contributed by atoms with E-state index in [2.05, 4.69) is 52.6 Å². The lowest BCUT2D eigenvalue weighted by Crippen LogP contribution is -2.12. The lowest BCUT2D eigenvalue weighted by molar-refractivity contribution is -0.107.